The van der Waals surface area contributed by atoms with Crippen molar-refractivity contribution in [1.82, 2.24) is 20.3 Å². The van der Waals surface area contributed by atoms with Crippen molar-refractivity contribution in [2.75, 3.05) is 12.4 Å². The summed E-state index contributed by atoms with van der Waals surface area (Å²) >= 11 is 5.98. The Bertz CT molecular complexity index is 1050. The minimum Gasteiger partial charge on any atom is -0.495 e. The number of ether oxygens (including phenoxy) is 1. The number of hydrogen-bond acceptors (Lipinski definition) is 5. The second kappa shape index (κ2) is 8.71. The van der Waals surface area contributed by atoms with Gasteiger partial charge in [0.15, 0.2) is 0 Å². The van der Waals surface area contributed by atoms with Gasteiger partial charge in [0.25, 0.3) is 5.56 Å². The van der Waals surface area contributed by atoms with Gasteiger partial charge in [-0.3, -0.25) is 4.79 Å². The maximum absolute atomic E-state index is 12.6. The van der Waals surface area contributed by atoms with E-state index >= 15 is 0 Å². The molecule has 0 unspecified atom stereocenters. The average Bonchev–Trinajstić information content (AvgIpc) is 2.69. The number of amides is 2. The molecule has 28 heavy (non-hydrogen) atoms. The number of fused-ring (bicyclic) bond motifs is 1. The maximum atomic E-state index is 12.6. The number of benzene rings is 2. The highest BCUT2D eigenvalue weighted by Crippen LogP contribution is 2.27. The molecule has 146 valence electrons. The normalized spacial score (nSPS) is 11.8. The van der Waals surface area contributed by atoms with E-state index in [0.717, 1.165) is 0 Å². The summed E-state index contributed by atoms with van der Waals surface area (Å²) in [5.41, 5.74) is 0.739. The Balaban J connectivity index is 1.73. The fourth-order valence-corrected chi connectivity index (χ4v) is 2.92. The lowest BCUT2D eigenvalue weighted by Gasteiger charge is -2.18. The molecule has 0 saturated carbocycles. The lowest BCUT2D eigenvalue weighted by Crippen LogP contribution is -2.42. The molecule has 0 bridgehead atoms. The van der Waals surface area contributed by atoms with E-state index in [1.54, 1.807) is 42.5 Å². The third-order valence-electron chi connectivity index (χ3n) is 4.26. The monoisotopic (exact) mass is 401 g/mol. The quantitative estimate of drug-likeness (QED) is 0.661. The first-order chi connectivity index (χ1) is 13.5. The highest BCUT2D eigenvalue weighted by atomic mass is 35.5. The van der Waals surface area contributed by atoms with Crippen molar-refractivity contribution in [2.45, 2.75) is 25.9 Å². The van der Waals surface area contributed by atoms with Gasteiger partial charge in [-0.25, -0.2) is 9.48 Å². The second-order valence-electron chi connectivity index (χ2n) is 6.14. The van der Waals surface area contributed by atoms with Crippen LogP contribution in [0.5, 0.6) is 5.75 Å². The van der Waals surface area contributed by atoms with E-state index in [2.05, 4.69) is 20.9 Å². The van der Waals surface area contributed by atoms with Crippen LogP contribution < -0.4 is 20.9 Å². The van der Waals surface area contributed by atoms with Gasteiger partial charge in [0.1, 0.15) is 11.3 Å². The van der Waals surface area contributed by atoms with Crippen LogP contribution in [0.15, 0.2) is 47.3 Å². The fraction of sp³-hybridized carbons (Fsp3) is 0.263. The summed E-state index contributed by atoms with van der Waals surface area (Å²) in [6, 6.07) is 11.2. The van der Waals surface area contributed by atoms with Gasteiger partial charge in [-0.15, -0.1) is 5.10 Å². The molecule has 0 aliphatic rings. The molecule has 1 atom stereocenters. The first-order valence-electron chi connectivity index (χ1n) is 8.75. The molecule has 1 heterocycles. The number of nitrogens with one attached hydrogen (secondary N) is 2. The minimum absolute atomic E-state index is 0.202. The van der Waals surface area contributed by atoms with Crippen LogP contribution in [-0.4, -0.2) is 34.2 Å². The Kier molecular flexibility index (Phi) is 6.10. The number of carbonyl (C=O) groups is 1. The highest BCUT2D eigenvalue weighted by molar-refractivity contribution is 6.31. The molecular weight excluding hydrogens is 382 g/mol. The van der Waals surface area contributed by atoms with Gasteiger partial charge in [-0.05, 0) is 36.8 Å². The van der Waals surface area contributed by atoms with Gasteiger partial charge in [0, 0.05) is 5.02 Å². The van der Waals surface area contributed by atoms with Crippen LogP contribution in [0, 0.1) is 0 Å². The summed E-state index contributed by atoms with van der Waals surface area (Å²) in [5, 5.41) is 14.5. The summed E-state index contributed by atoms with van der Waals surface area (Å²) in [4.78, 5) is 25.0. The molecule has 2 aromatic carbocycles. The summed E-state index contributed by atoms with van der Waals surface area (Å²) in [7, 11) is 1.51. The van der Waals surface area contributed by atoms with Gasteiger partial charge < -0.3 is 15.4 Å². The Morgan fingerprint density at radius 2 is 2.07 bits per heavy atom. The number of methoxy groups -OCH3 is 1. The van der Waals surface area contributed by atoms with Crippen molar-refractivity contribution in [3.05, 3.63) is 57.8 Å². The van der Waals surface area contributed by atoms with E-state index < -0.39 is 6.03 Å². The second-order valence-corrected chi connectivity index (χ2v) is 6.58. The van der Waals surface area contributed by atoms with Crippen molar-refractivity contribution in [2.24, 2.45) is 0 Å². The molecule has 1 aromatic heterocycles. The molecule has 8 nitrogen and oxygen atoms in total. The van der Waals surface area contributed by atoms with Crippen LogP contribution in [0.25, 0.3) is 10.9 Å². The van der Waals surface area contributed by atoms with Crippen molar-refractivity contribution < 1.29 is 9.53 Å². The van der Waals surface area contributed by atoms with Crippen LogP contribution in [0.3, 0.4) is 0 Å². The molecule has 3 aromatic rings. The van der Waals surface area contributed by atoms with E-state index in [4.69, 9.17) is 16.3 Å². The summed E-state index contributed by atoms with van der Waals surface area (Å²) in [5.74, 6) is 0.490. The van der Waals surface area contributed by atoms with Crippen molar-refractivity contribution in [1.29, 1.82) is 0 Å². The van der Waals surface area contributed by atoms with Crippen LogP contribution in [0.2, 0.25) is 5.02 Å². The molecule has 2 amide bonds. The number of urea groups is 1. The number of halogens is 1. The van der Waals surface area contributed by atoms with Crippen molar-refractivity contribution >= 4 is 34.2 Å². The predicted molar refractivity (Wildman–Crippen MR) is 108 cm³/mol. The molecule has 0 saturated heterocycles. The maximum Gasteiger partial charge on any atom is 0.319 e. The Morgan fingerprint density at radius 1 is 1.29 bits per heavy atom. The lowest BCUT2D eigenvalue weighted by atomic mass is 10.2. The van der Waals surface area contributed by atoms with Crippen molar-refractivity contribution in [3.63, 3.8) is 0 Å². The Morgan fingerprint density at radius 3 is 2.82 bits per heavy atom. The predicted octanol–water partition coefficient (Wildman–Crippen LogP) is 3.05. The standard InChI is InChI=1S/C19H20ClN5O3/c1-3-13(11-25-18(26)14-6-4-5-7-15(14)23-24-25)21-19(27)22-16-10-12(20)8-9-17(16)28-2/h4-10,13H,3,11H2,1-2H3,(H2,21,22,27)/t13-/m1/s1. The van der Waals surface area contributed by atoms with Gasteiger partial charge >= 0.3 is 6.03 Å². The molecule has 0 spiro atoms. The number of anilines is 1. The van der Waals surface area contributed by atoms with Crippen LogP contribution in [0.4, 0.5) is 10.5 Å². The third kappa shape index (κ3) is 4.40. The minimum atomic E-state index is -0.436. The molecule has 0 aliphatic heterocycles. The van der Waals surface area contributed by atoms with Crippen LogP contribution in [0.1, 0.15) is 13.3 Å². The van der Waals surface area contributed by atoms with Crippen LogP contribution >= 0.6 is 11.6 Å². The van der Waals surface area contributed by atoms with E-state index in [9.17, 15) is 9.59 Å². The van der Waals surface area contributed by atoms with E-state index in [-0.39, 0.29) is 18.1 Å². The molecule has 2 N–H and O–H groups in total. The van der Waals surface area contributed by atoms with Gasteiger partial charge in [0.05, 0.1) is 30.8 Å². The fourth-order valence-electron chi connectivity index (χ4n) is 2.75. The van der Waals surface area contributed by atoms with E-state index in [1.807, 2.05) is 6.92 Å². The molecule has 0 fully saturated rings. The summed E-state index contributed by atoms with van der Waals surface area (Å²) < 4.78 is 6.48. The summed E-state index contributed by atoms with van der Waals surface area (Å²) in [6.45, 7) is 2.11. The third-order valence-corrected chi connectivity index (χ3v) is 4.50. The average molecular weight is 402 g/mol. The Labute approximate surface area is 166 Å². The van der Waals surface area contributed by atoms with Crippen LogP contribution in [-0.2, 0) is 6.54 Å². The zero-order valence-corrected chi connectivity index (χ0v) is 16.2. The molecular formula is C19H20ClN5O3. The van der Waals surface area contributed by atoms with Gasteiger partial charge in [-0.1, -0.05) is 35.9 Å². The molecule has 9 heteroatoms. The number of nitrogens with zero attached hydrogens (tertiary/aromatic N) is 3. The van der Waals surface area contributed by atoms with Crippen molar-refractivity contribution in [3.8, 4) is 5.75 Å². The first kappa shape index (κ1) is 19.6. The zero-order valence-electron chi connectivity index (χ0n) is 15.5. The van der Waals surface area contributed by atoms with Gasteiger partial charge in [-0.2, -0.15) is 0 Å². The highest BCUT2D eigenvalue weighted by Gasteiger charge is 2.15. The largest absolute Gasteiger partial charge is 0.495 e. The topological polar surface area (TPSA) is 98.1 Å². The number of aromatic nitrogens is 3. The zero-order chi connectivity index (χ0) is 20.1. The summed E-state index contributed by atoms with van der Waals surface area (Å²) in [6.07, 6.45) is 0.598. The van der Waals surface area contributed by atoms with E-state index in [0.29, 0.717) is 33.8 Å². The first-order valence-corrected chi connectivity index (χ1v) is 9.13. The smallest absolute Gasteiger partial charge is 0.319 e. The Hall–Kier alpha value is -3.13. The molecule has 0 radical (unpaired) electrons. The number of rotatable bonds is 6. The number of carbonyl (C=O) groups excluding carboxylic acids is 1. The van der Waals surface area contributed by atoms with E-state index in [1.165, 1.54) is 11.8 Å². The lowest BCUT2D eigenvalue weighted by molar-refractivity contribution is 0.245. The SMILES string of the molecule is CC[C@H](Cn1nnc2ccccc2c1=O)NC(=O)Nc1cc(Cl)ccc1OC. The number of hydrogen-bond donors (Lipinski definition) is 2. The molecule has 3 rings (SSSR count). The van der Waals surface area contributed by atoms with Gasteiger partial charge in [0.2, 0.25) is 0 Å². The molecule has 0 aliphatic carbocycles.